The Morgan fingerprint density at radius 1 is 1.15 bits per heavy atom. The van der Waals surface area contributed by atoms with E-state index in [2.05, 4.69) is 60.1 Å². The van der Waals surface area contributed by atoms with Crippen molar-refractivity contribution in [1.29, 1.82) is 0 Å². The maximum absolute atomic E-state index is 12.0. The molecule has 0 bridgehead atoms. The minimum Gasteiger partial charge on any atom is -0.357 e. The average molecular weight is 364 g/mol. The highest BCUT2D eigenvalue weighted by Gasteiger charge is 2.24. The fourth-order valence-electron chi connectivity index (χ4n) is 3.29. The van der Waals surface area contributed by atoms with Gasteiger partial charge in [0.05, 0.1) is 6.54 Å². The molecule has 0 aliphatic carbocycles. The lowest BCUT2D eigenvalue weighted by molar-refractivity contribution is -0.116. The van der Waals surface area contributed by atoms with Crippen LogP contribution in [-0.4, -0.2) is 31.5 Å². The number of carbonyl (C=O) groups excluding carboxylic acids is 1. The molecule has 3 N–H and O–H groups in total. The molecule has 1 aliphatic heterocycles. The number of aliphatic imine (C=N–C) groups is 1. The molecule has 142 valence electrons. The summed E-state index contributed by atoms with van der Waals surface area (Å²) >= 11 is 0. The molecule has 2 aromatic rings. The van der Waals surface area contributed by atoms with E-state index in [1.807, 2.05) is 18.2 Å². The number of aryl methyl sites for hydroxylation is 1. The van der Waals surface area contributed by atoms with E-state index < -0.39 is 0 Å². The monoisotopic (exact) mass is 364 g/mol. The van der Waals surface area contributed by atoms with Crippen molar-refractivity contribution in [2.45, 2.75) is 32.6 Å². The van der Waals surface area contributed by atoms with Crippen LogP contribution < -0.4 is 16.0 Å². The molecule has 1 unspecified atom stereocenters. The number of rotatable bonds is 6. The third-order valence-corrected chi connectivity index (χ3v) is 4.75. The van der Waals surface area contributed by atoms with Gasteiger partial charge >= 0.3 is 0 Å². The van der Waals surface area contributed by atoms with Crippen LogP contribution in [0.5, 0.6) is 0 Å². The lowest BCUT2D eigenvalue weighted by Crippen LogP contribution is -2.38. The molecule has 3 rings (SSSR count). The van der Waals surface area contributed by atoms with Crippen LogP contribution in [0.15, 0.2) is 53.5 Å². The average Bonchev–Trinajstić information content (AvgIpc) is 2.67. The predicted molar refractivity (Wildman–Crippen MR) is 111 cm³/mol. The van der Waals surface area contributed by atoms with Crippen LogP contribution in [0.2, 0.25) is 0 Å². The molecule has 1 atom stereocenters. The Morgan fingerprint density at radius 3 is 2.70 bits per heavy atom. The molecule has 0 saturated carbocycles. The maximum atomic E-state index is 12.0. The molecule has 0 saturated heterocycles. The molecule has 0 spiro atoms. The number of guanidine groups is 1. The summed E-state index contributed by atoms with van der Waals surface area (Å²) in [4.78, 5) is 16.7. The van der Waals surface area contributed by atoms with E-state index in [-0.39, 0.29) is 11.8 Å². The number of nitrogens with one attached hydrogen (secondary N) is 3. The minimum absolute atomic E-state index is 0.0613. The first kappa shape index (κ1) is 19.0. The number of anilines is 1. The second-order valence-corrected chi connectivity index (χ2v) is 6.92. The van der Waals surface area contributed by atoms with Crippen LogP contribution in [0.4, 0.5) is 5.69 Å². The number of carbonyl (C=O) groups is 1. The van der Waals surface area contributed by atoms with Crippen LogP contribution in [0, 0.1) is 6.92 Å². The normalized spacial score (nSPS) is 16.4. The molecule has 1 aliphatic rings. The molecule has 1 heterocycles. The molecule has 1 amide bonds. The number of fused-ring (bicyclic) bond motifs is 1. The van der Waals surface area contributed by atoms with Crippen molar-refractivity contribution < 1.29 is 4.79 Å². The summed E-state index contributed by atoms with van der Waals surface area (Å²) in [6.07, 6.45) is 1.42. The van der Waals surface area contributed by atoms with Gasteiger partial charge in [-0.1, -0.05) is 48.0 Å². The van der Waals surface area contributed by atoms with E-state index >= 15 is 0 Å². The fraction of sp³-hybridized carbons (Fsp3) is 0.364. The second-order valence-electron chi connectivity index (χ2n) is 6.92. The van der Waals surface area contributed by atoms with Gasteiger partial charge in [0.1, 0.15) is 0 Å². The smallest absolute Gasteiger partial charge is 0.225 e. The van der Waals surface area contributed by atoms with Crippen molar-refractivity contribution in [1.82, 2.24) is 10.6 Å². The molecule has 5 nitrogen and oxygen atoms in total. The van der Waals surface area contributed by atoms with Crippen molar-refractivity contribution in [2.24, 2.45) is 4.99 Å². The third kappa shape index (κ3) is 5.33. The van der Waals surface area contributed by atoms with Crippen molar-refractivity contribution in [3.8, 4) is 0 Å². The Morgan fingerprint density at radius 2 is 1.93 bits per heavy atom. The highest BCUT2D eigenvalue weighted by atomic mass is 16.1. The molecule has 27 heavy (non-hydrogen) atoms. The number of hydrogen-bond acceptors (Lipinski definition) is 2. The topological polar surface area (TPSA) is 65.5 Å². The van der Waals surface area contributed by atoms with Gasteiger partial charge in [0, 0.05) is 31.1 Å². The molecular formula is C22H28N4O. The fourth-order valence-corrected chi connectivity index (χ4v) is 3.29. The van der Waals surface area contributed by atoms with E-state index in [0.29, 0.717) is 13.0 Å². The maximum Gasteiger partial charge on any atom is 0.225 e. The number of benzene rings is 2. The molecule has 2 aromatic carbocycles. The quantitative estimate of drug-likeness (QED) is 0.545. The van der Waals surface area contributed by atoms with Crippen LogP contribution in [0.1, 0.15) is 36.0 Å². The highest BCUT2D eigenvalue weighted by Crippen LogP contribution is 2.31. The predicted octanol–water partition coefficient (Wildman–Crippen LogP) is 3.22. The highest BCUT2D eigenvalue weighted by molar-refractivity contribution is 5.94. The van der Waals surface area contributed by atoms with E-state index in [4.69, 9.17) is 4.99 Å². The van der Waals surface area contributed by atoms with Gasteiger partial charge in [0.25, 0.3) is 0 Å². The van der Waals surface area contributed by atoms with E-state index in [9.17, 15) is 4.79 Å². The first-order valence-corrected chi connectivity index (χ1v) is 9.62. The zero-order valence-electron chi connectivity index (χ0n) is 16.1. The van der Waals surface area contributed by atoms with Gasteiger partial charge in [-0.2, -0.15) is 0 Å². The van der Waals surface area contributed by atoms with Crippen molar-refractivity contribution in [2.75, 3.05) is 25.0 Å². The summed E-state index contributed by atoms with van der Waals surface area (Å²) in [5, 5.41) is 9.63. The number of nitrogens with zero attached hydrogens (tertiary/aromatic N) is 1. The number of amides is 1. The Hall–Kier alpha value is -2.82. The molecule has 5 heteroatoms. The van der Waals surface area contributed by atoms with Gasteiger partial charge in [-0.3, -0.25) is 9.79 Å². The van der Waals surface area contributed by atoms with E-state index in [1.54, 1.807) is 0 Å². The Kier molecular flexibility index (Phi) is 6.47. The minimum atomic E-state index is 0.0613. The summed E-state index contributed by atoms with van der Waals surface area (Å²) in [5.41, 5.74) is 4.66. The molecule has 0 fully saturated rings. The summed E-state index contributed by atoms with van der Waals surface area (Å²) in [7, 11) is 0. The Balaban J connectivity index is 1.60. The zero-order valence-corrected chi connectivity index (χ0v) is 16.1. The largest absolute Gasteiger partial charge is 0.357 e. The van der Waals surface area contributed by atoms with Crippen molar-refractivity contribution >= 4 is 17.6 Å². The molecule has 0 aromatic heterocycles. The Labute approximate surface area is 161 Å². The van der Waals surface area contributed by atoms with Crippen LogP contribution in [-0.2, 0) is 11.2 Å². The van der Waals surface area contributed by atoms with Gasteiger partial charge in [-0.05, 0) is 37.5 Å². The molecule has 0 radical (unpaired) electrons. The van der Waals surface area contributed by atoms with Crippen molar-refractivity contribution in [3.63, 3.8) is 0 Å². The molecular weight excluding hydrogens is 336 g/mol. The summed E-state index contributed by atoms with van der Waals surface area (Å²) < 4.78 is 0. The van der Waals surface area contributed by atoms with Gasteiger partial charge in [0.2, 0.25) is 5.91 Å². The second kappa shape index (κ2) is 9.21. The van der Waals surface area contributed by atoms with E-state index in [1.165, 1.54) is 11.1 Å². The van der Waals surface area contributed by atoms with Gasteiger partial charge < -0.3 is 16.0 Å². The zero-order chi connectivity index (χ0) is 19.1. The van der Waals surface area contributed by atoms with Crippen LogP contribution in [0.25, 0.3) is 0 Å². The third-order valence-electron chi connectivity index (χ3n) is 4.75. The lowest BCUT2D eigenvalue weighted by Gasteiger charge is -2.24. The first-order valence-electron chi connectivity index (χ1n) is 9.62. The standard InChI is InChI=1S/C22H28N4O/c1-3-23-22(24-13-12-17-10-8-16(2)9-11-17)25-15-18-14-21(27)26-20-7-5-4-6-19(18)20/h4-11,18H,3,12-15H2,1-2H3,(H,26,27)(H2,23,24,25). The van der Waals surface area contributed by atoms with E-state index in [0.717, 1.165) is 36.7 Å². The van der Waals surface area contributed by atoms with Crippen LogP contribution in [0.3, 0.4) is 0 Å². The van der Waals surface area contributed by atoms with Crippen molar-refractivity contribution in [3.05, 3.63) is 65.2 Å². The van der Waals surface area contributed by atoms with Gasteiger partial charge in [-0.25, -0.2) is 0 Å². The number of hydrogen-bond donors (Lipinski definition) is 3. The summed E-state index contributed by atoms with van der Waals surface area (Å²) in [5.74, 6) is 0.974. The Bertz CT molecular complexity index is 798. The number of para-hydroxylation sites is 1. The SMILES string of the molecule is CCNC(=NCC1CC(=O)Nc2ccccc21)NCCc1ccc(C)cc1. The summed E-state index contributed by atoms with van der Waals surface area (Å²) in [6.45, 7) is 6.36. The summed E-state index contributed by atoms with van der Waals surface area (Å²) in [6, 6.07) is 16.6. The van der Waals surface area contributed by atoms with Crippen LogP contribution >= 0.6 is 0 Å². The van der Waals surface area contributed by atoms with Gasteiger partial charge in [0.15, 0.2) is 5.96 Å². The lowest BCUT2D eigenvalue weighted by atomic mass is 9.91. The van der Waals surface area contributed by atoms with Gasteiger partial charge in [-0.15, -0.1) is 0 Å². The first-order chi connectivity index (χ1) is 13.2.